The molecule has 1 aromatic heterocycles. The van der Waals surface area contributed by atoms with E-state index in [2.05, 4.69) is 11.5 Å². The molecule has 1 heterocycles. The molecule has 19 heavy (non-hydrogen) atoms. The standard InChI is InChI=1S/C16H14ClNO/c1-10-16(11-3-5-12(17)6-4-11)14-9-13(19)7-8-15(14)18(10)2/h3-9,19H,1-2H3. The number of benzene rings is 2. The van der Waals surface area contributed by atoms with Crippen LogP contribution in [0.5, 0.6) is 5.75 Å². The molecule has 0 unspecified atom stereocenters. The molecule has 0 aliphatic heterocycles. The molecule has 0 aliphatic carbocycles. The second kappa shape index (κ2) is 4.32. The Morgan fingerprint density at radius 2 is 1.74 bits per heavy atom. The molecule has 0 bridgehead atoms. The Kier molecular flexibility index (Phi) is 2.76. The summed E-state index contributed by atoms with van der Waals surface area (Å²) in [5.74, 6) is 0.285. The first kappa shape index (κ1) is 12.1. The molecular weight excluding hydrogens is 258 g/mol. The van der Waals surface area contributed by atoms with Gasteiger partial charge < -0.3 is 9.67 Å². The predicted octanol–water partition coefficient (Wildman–Crippen LogP) is 4.51. The molecule has 0 spiro atoms. The zero-order chi connectivity index (χ0) is 13.6. The number of halogens is 1. The minimum absolute atomic E-state index is 0.285. The van der Waals surface area contributed by atoms with Crippen LogP contribution in [-0.4, -0.2) is 9.67 Å². The van der Waals surface area contributed by atoms with E-state index in [0.29, 0.717) is 0 Å². The maximum atomic E-state index is 9.72. The van der Waals surface area contributed by atoms with Gasteiger partial charge in [-0.05, 0) is 42.8 Å². The van der Waals surface area contributed by atoms with E-state index in [1.54, 1.807) is 6.07 Å². The van der Waals surface area contributed by atoms with Gasteiger partial charge in [0.2, 0.25) is 0 Å². The van der Waals surface area contributed by atoms with Crippen molar-refractivity contribution >= 4 is 22.5 Å². The average Bonchev–Trinajstić information content (AvgIpc) is 2.63. The molecule has 3 rings (SSSR count). The number of hydrogen-bond donors (Lipinski definition) is 1. The minimum atomic E-state index is 0.285. The van der Waals surface area contributed by atoms with Crippen molar-refractivity contribution in [3.8, 4) is 16.9 Å². The van der Waals surface area contributed by atoms with Crippen molar-refractivity contribution in [1.82, 2.24) is 4.57 Å². The molecule has 2 nitrogen and oxygen atoms in total. The fourth-order valence-electron chi connectivity index (χ4n) is 2.54. The average molecular weight is 272 g/mol. The lowest BCUT2D eigenvalue weighted by atomic mass is 10.0. The van der Waals surface area contributed by atoms with Crippen LogP contribution >= 0.6 is 11.6 Å². The molecule has 0 saturated heterocycles. The lowest BCUT2D eigenvalue weighted by Crippen LogP contribution is -1.90. The van der Waals surface area contributed by atoms with Crippen LogP contribution in [0.4, 0.5) is 0 Å². The number of phenolic OH excluding ortho intramolecular Hbond substituents is 1. The van der Waals surface area contributed by atoms with Gasteiger partial charge in [-0.3, -0.25) is 0 Å². The van der Waals surface area contributed by atoms with E-state index in [1.165, 1.54) is 5.69 Å². The summed E-state index contributed by atoms with van der Waals surface area (Å²) in [6.45, 7) is 2.08. The zero-order valence-corrected chi connectivity index (χ0v) is 11.6. The van der Waals surface area contributed by atoms with Crippen LogP contribution < -0.4 is 0 Å². The molecule has 0 saturated carbocycles. The summed E-state index contributed by atoms with van der Waals surface area (Å²) >= 11 is 5.94. The zero-order valence-electron chi connectivity index (χ0n) is 10.8. The molecule has 3 heteroatoms. The Morgan fingerprint density at radius 3 is 2.42 bits per heavy atom. The summed E-state index contributed by atoms with van der Waals surface area (Å²) in [6, 6.07) is 13.3. The number of rotatable bonds is 1. The number of hydrogen-bond acceptors (Lipinski definition) is 1. The van der Waals surface area contributed by atoms with Crippen LogP contribution in [0.1, 0.15) is 5.69 Å². The van der Waals surface area contributed by atoms with Gasteiger partial charge in [0, 0.05) is 34.2 Å². The summed E-state index contributed by atoms with van der Waals surface area (Å²) in [6.07, 6.45) is 0. The number of aryl methyl sites for hydroxylation is 1. The maximum Gasteiger partial charge on any atom is 0.116 e. The molecule has 0 aliphatic rings. The smallest absolute Gasteiger partial charge is 0.116 e. The topological polar surface area (TPSA) is 25.2 Å². The third-order valence-corrected chi connectivity index (χ3v) is 3.86. The van der Waals surface area contributed by atoms with Gasteiger partial charge in [0.1, 0.15) is 5.75 Å². The molecule has 96 valence electrons. The van der Waals surface area contributed by atoms with Gasteiger partial charge in [-0.15, -0.1) is 0 Å². The van der Waals surface area contributed by atoms with E-state index >= 15 is 0 Å². The molecule has 0 fully saturated rings. The molecule has 3 aromatic rings. The third kappa shape index (κ3) is 1.89. The van der Waals surface area contributed by atoms with Gasteiger partial charge >= 0.3 is 0 Å². The van der Waals surface area contributed by atoms with Gasteiger partial charge in [-0.25, -0.2) is 0 Å². The fourth-order valence-corrected chi connectivity index (χ4v) is 2.67. The molecular formula is C16H14ClNO. The number of phenols is 1. The monoisotopic (exact) mass is 271 g/mol. The third-order valence-electron chi connectivity index (χ3n) is 3.61. The Labute approximate surface area is 116 Å². The summed E-state index contributed by atoms with van der Waals surface area (Å²) in [5.41, 5.74) is 4.53. The van der Waals surface area contributed by atoms with Crippen molar-refractivity contribution in [1.29, 1.82) is 0 Å². The van der Waals surface area contributed by atoms with Crippen LogP contribution in [0.2, 0.25) is 5.02 Å². The van der Waals surface area contributed by atoms with E-state index < -0.39 is 0 Å². The van der Waals surface area contributed by atoms with Crippen molar-refractivity contribution in [2.45, 2.75) is 6.92 Å². The summed E-state index contributed by atoms with van der Waals surface area (Å²) in [4.78, 5) is 0. The van der Waals surface area contributed by atoms with E-state index in [4.69, 9.17) is 11.6 Å². The summed E-state index contributed by atoms with van der Waals surface area (Å²) < 4.78 is 2.14. The van der Waals surface area contributed by atoms with E-state index in [0.717, 1.165) is 27.1 Å². The molecule has 2 aromatic carbocycles. The minimum Gasteiger partial charge on any atom is -0.508 e. The second-order valence-electron chi connectivity index (χ2n) is 4.73. The van der Waals surface area contributed by atoms with Gasteiger partial charge in [-0.2, -0.15) is 0 Å². The first-order valence-corrected chi connectivity index (χ1v) is 6.49. The quantitative estimate of drug-likeness (QED) is 0.692. The maximum absolute atomic E-state index is 9.72. The van der Waals surface area contributed by atoms with Gasteiger partial charge in [0.05, 0.1) is 0 Å². The highest BCUT2D eigenvalue weighted by Gasteiger charge is 2.13. The van der Waals surface area contributed by atoms with Crippen LogP contribution in [0, 0.1) is 6.92 Å². The van der Waals surface area contributed by atoms with Gasteiger partial charge in [0.15, 0.2) is 0 Å². The number of aromatic hydroxyl groups is 1. The van der Waals surface area contributed by atoms with Crippen LogP contribution in [0.15, 0.2) is 42.5 Å². The predicted molar refractivity (Wildman–Crippen MR) is 79.8 cm³/mol. The second-order valence-corrected chi connectivity index (χ2v) is 5.16. The largest absolute Gasteiger partial charge is 0.508 e. The highest BCUT2D eigenvalue weighted by molar-refractivity contribution is 6.30. The van der Waals surface area contributed by atoms with Crippen molar-refractivity contribution < 1.29 is 5.11 Å². The molecule has 0 atom stereocenters. The molecule has 0 amide bonds. The van der Waals surface area contributed by atoms with Crippen molar-refractivity contribution in [2.75, 3.05) is 0 Å². The SMILES string of the molecule is Cc1c(-c2ccc(Cl)cc2)c2cc(O)ccc2n1C. The Hall–Kier alpha value is -1.93. The van der Waals surface area contributed by atoms with Crippen LogP contribution in [0.3, 0.4) is 0 Å². The molecule has 0 radical (unpaired) electrons. The Morgan fingerprint density at radius 1 is 1.05 bits per heavy atom. The highest BCUT2D eigenvalue weighted by atomic mass is 35.5. The Bertz CT molecular complexity index is 757. The normalized spacial score (nSPS) is 11.1. The van der Waals surface area contributed by atoms with Crippen LogP contribution in [-0.2, 0) is 7.05 Å². The Balaban J connectivity index is 2.36. The number of aromatic nitrogens is 1. The van der Waals surface area contributed by atoms with E-state index in [1.807, 2.05) is 43.4 Å². The van der Waals surface area contributed by atoms with Crippen LogP contribution in [0.25, 0.3) is 22.0 Å². The van der Waals surface area contributed by atoms with Gasteiger partial charge in [-0.1, -0.05) is 23.7 Å². The van der Waals surface area contributed by atoms with Crippen molar-refractivity contribution in [3.05, 3.63) is 53.2 Å². The number of fused-ring (bicyclic) bond motifs is 1. The van der Waals surface area contributed by atoms with Crippen molar-refractivity contribution in [2.24, 2.45) is 7.05 Å². The molecule has 1 N–H and O–H groups in total. The first-order valence-electron chi connectivity index (χ1n) is 6.12. The first-order chi connectivity index (χ1) is 9.08. The fraction of sp³-hybridized carbons (Fsp3) is 0.125. The van der Waals surface area contributed by atoms with Crippen molar-refractivity contribution in [3.63, 3.8) is 0 Å². The lowest BCUT2D eigenvalue weighted by Gasteiger charge is -2.03. The van der Waals surface area contributed by atoms with E-state index in [9.17, 15) is 5.11 Å². The summed E-state index contributed by atoms with van der Waals surface area (Å²) in [7, 11) is 2.04. The van der Waals surface area contributed by atoms with Gasteiger partial charge in [0.25, 0.3) is 0 Å². The highest BCUT2D eigenvalue weighted by Crippen LogP contribution is 2.36. The lowest BCUT2D eigenvalue weighted by molar-refractivity contribution is 0.476. The van der Waals surface area contributed by atoms with E-state index in [-0.39, 0.29) is 5.75 Å². The number of nitrogens with zero attached hydrogens (tertiary/aromatic N) is 1. The summed E-state index contributed by atoms with van der Waals surface area (Å²) in [5, 5.41) is 11.5.